The minimum absolute atomic E-state index is 1.08. The summed E-state index contributed by atoms with van der Waals surface area (Å²) in [6.07, 6.45) is 0. The van der Waals surface area contributed by atoms with Crippen molar-refractivity contribution in [3.8, 4) is 0 Å². The normalized spacial score (nSPS) is 7.88. The van der Waals surface area contributed by atoms with Crippen LogP contribution < -0.4 is 10.2 Å². The minimum atomic E-state index is -1.08. The molecule has 0 rings (SSSR count). The van der Waals surface area contributed by atoms with Crippen LogP contribution in [0.3, 0.4) is 0 Å². The highest BCUT2D eigenvalue weighted by molar-refractivity contribution is 7.14. The summed E-state index contributed by atoms with van der Waals surface area (Å²) < 4.78 is 8.35. The SMILES string of the molecule is CC[NH2+]CC.O=P[O-]. The van der Waals surface area contributed by atoms with Crippen molar-refractivity contribution in [3.05, 3.63) is 0 Å². The standard InChI is InChI=1S/C4H11N.HO2P/c1-3-5-4-2;1-3-2/h5H,3-4H2,1-2H3;(H,1,2). The molecule has 0 saturated carbocycles. The topological polar surface area (TPSA) is 56.7 Å². The Morgan fingerprint density at radius 1 is 1.50 bits per heavy atom. The van der Waals surface area contributed by atoms with Gasteiger partial charge in [0.1, 0.15) is 0 Å². The van der Waals surface area contributed by atoms with E-state index < -0.39 is 8.69 Å². The van der Waals surface area contributed by atoms with Gasteiger partial charge in [0, 0.05) is 0 Å². The first-order valence-electron chi connectivity index (χ1n) is 2.60. The predicted molar refractivity (Wildman–Crippen MR) is 30.6 cm³/mol. The Hall–Kier alpha value is 0.0200. The molecular formula is C4H12NO2P. The molecular weight excluding hydrogens is 125 g/mol. The zero-order valence-corrected chi connectivity index (χ0v) is 6.15. The van der Waals surface area contributed by atoms with Crippen molar-refractivity contribution in [1.82, 2.24) is 0 Å². The van der Waals surface area contributed by atoms with E-state index in [2.05, 4.69) is 19.2 Å². The summed E-state index contributed by atoms with van der Waals surface area (Å²) in [5, 5.41) is 2.25. The van der Waals surface area contributed by atoms with Gasteiger partial charge in [-0.1, -0.05) is 0 Å². The molecule has 0 fully saturated rings. The molecule has 0 aromatic rings. The molecule has 0 bridgehead atoms. The fraction of sp³-hybridized carbons (Fsp3) is 1.00. The van der Waals surface area contributed by atoms with Gasteiger partial charge in [-0.25, -0.2) is 0 Å². The Morgan fingerprint density at radius 3 is 1.75 bits per heavy atom. The van der Waals surface area contributed by atoms with E-state index in [1.54, 1.807) is 0 Å². The van der Waals surface area contributed by atoms with Crippen molar-refractivity contribution in [2.45, 2.75) is 13.8 Å². The van der Waals surface area contributed by atoms with Gasteiger partial charge in [0.25, 0.3) is 0 Å². The van der Waals surface area contributed by atoms with Crippen molar-refractivity contribution in [3.63, 3.8) is 0 Å². The van der Waals surface area contributed by atoms with Gasteiger partial charge in [0.2, 0.25) is 0 Å². The molecule has 0 saturated heterocycles. The number of rotatable bonds is 2. The molecule has 4 heteroatoms. The third kappa shape index (κ3) is 37.2. The Balaban J connectivity index is 0. The zero-order chi connectivity index (χ0) is 6.83. The van der Waals surface area contributed by atoms with E-state index in [0.29, 0.717) is 0 Å². The molecule has 8 heavy (non-hydrogen) atoms. The number of nitrogens with two attached hydrogens (primary N) is 1. The molecule has 0 heterocycles. The lowest BCUT2D eigenvalue weighted by molar-refractivity contribution is -0.648. The van der Waals surface area contributed by atoms with Crippen LogP contribution in [0.4, 0.5) is 0 Å². The van der Waals surface area contributed by atoms with Crippen LogP contribution in [0, 0.1) is 0 Å². The maximum absolute atomic E-state index is 8.35. The fourth-order valence-electron chi connectivity index (χ4n) is 0.289. The molecule has 0 spiro atoms. The van der Waals surface area contributed by atoms with Crippen LogP contribution in [0.5, 0.6) is 0 Å². The van der Waals surface area contributed by atoms with E-state index >= 15 is 0 Å². The molecule has 0 radical (unpaired) electrons. The summed E-state index contributed by atoms with van der Waals surface area (Å²) in [4.78, 5) is 8.35. The highest BCUT2D eigenvalue weighted by Gasteiger charge is 1.67. The van der Waals surface area contributed by atoms with Crippen molar-refractivity contribution in [2.24, 2.45) is 0 Å². The Morgan fingerprint density at radius 2 is 1.75 bits per heavy atom. The van der Waals surface area contributed by atoms with Gasteiger partial charge < -0.3 is 10.2 Å². The fourth-order valence-corrected chi connectivity index (χ4v) is 0.289. The van der Waals surface area contributed by atoms with E-state index in [-0.39, 0.29) is 0 Å². The first-order chi connectivity index (χ1) is 3.83. The third-order valence-electron chi connectivity index (χ3n) is 0.577. The number of hydrogen-bond acceptors (Lipinski definition) is 2. The van der Waals surface area contributed by atoms with Crippen molar-refractivity contribution in [1.29, 1.82) is 0 Å². The van der Waals surface area contributed by atoms with Gasteiger partial charge in [0.15, 0.2) is 0 Å². The molecule has 0 atom stereocenters. The second-order valence-corrected chi connectivity index (χ2v) is 1.33. The van der Waals surface area contributed by atoms with Gasteiger partial charge in [0.05, 0.1) is 21.8 Å². The van der Waals surface area contributed by atoms with Gasteiger partial charge in [-0.3, -0.25) is 4.57 Å². The van der Waals surface area contributed by atoms with Crippen LogP contribution in [0.25, 0.3) is 0 Å². The average molecular weight is 137 g/mol. The Bertz CT molecular complexity index is 41.0. The Labute approximate surface area is 51.4 Å². The van der Waals surface area contributed by atoms with Gasteiger partial charge in [-0.15, -0.1) is 0 Å². The quantitative estimate of drug-likeness (QED) is 0.503. The second kappa shape index (κ2) is 15.7. The minimum Gasteiger partial charge on any atom is -0.772 e. The zero-order valence-electron chi connectivity index (χ0n) is 5.26. The molecule has 3 nitrogen and oxygen atoms in total. The molecule has 0 aromatic carbocycles. The van der Waals surface area contributed by atoms with Crippen molar-refractivity contribution < 1.29 is 14.8 Å². The first kappa shape index (κ1) is 10.9. The lowest BCUT2D eigenvalue weighted by Gasteiger charge is -1.83. The summed E-state index contributed by atoms with van der Waals surface area (Å²) in [7, 11) is -1.08. The Kier molecular flexibility index (Phi) is 21.5. The van der Waals surface area contributed by atoms with Crippen LogP contribution >= 0.6 is 8.69 Å². The van der Waals surface area contributed by atoms with Gasteiger partial charge in [-0.2, -0.15) is 0 Å². The highest BCUT2D eigenvalue weighted by Crippen LogP contribution is 1.53. The first-order valence-corrected chi connectivity index (χ1v) is 3.33. The smallest absolute Gasteiger partial charge is 0.0726 e. The van der Waals surface area contributed by atoms with E-state index in [9.17, 15) is 0 Å². The summed E-state index contributed by atoms with van der Waals surface area (Å²) in [5.74, 6) is 0. The van der Waals surface area contributed by atoms with E-state index in [1.807, 2.05) is 0 Å². The number of quaternary nitrogens is 1. The molecule has 0 aliphatic carbocycles. The maximum Gasteiger partial charge on any atom is 0.0726 e. The van der Waals surface area contributed by atoms with Gasteiger partial charge >= 0.3 is 0 Å². The van der Waals surface area contributed by atoms with Crippen LogP contribution in [-0.4, -0.2) is 13.1 Å². The molecule has 0 aliphatic heterocycles. The lowest BCUT2D eigenvalue weighted by atomic mass is 10.7. The molecule has 0 amide bonds. The molecule has 0 aromatic heterocycles. The van der Waals surface area contributed by atoms with Crippen LogP contribution in [-0.2, 0) is 4.57 Å². The van der Waals surface area contributed by atoms with E-state index in [1.165, 1.54) is 13.1 Å². The largest absolute Gasteiger partial charge is 0.772 e. The monoisotopic (exact) mass is 137 g/mol. The third-order valence-corrected chi connectivity index (χ3v) is 0.577. The number of hydrogen-bond donors (Lipinski definition) is 1. The van der Waals surface area contributed by atoms with Crippen LogP contribution in [0.2, 0.25) is 0 Å². The highest BCUT2D eigenvalue weighted by atomic mass is 31.1. The molecule has 0 unspecified atom stereocenters. The predicted octanol–water partition coefficient (Wildman–Crippen LogP) is -0.857. The van der Waals surface area contributed by atoms with Gasteiger partial charge in [-0.05, 0) is 13.8 Å². The molecule has 0 aliphatic rings. The lowest BCUT2D eigenvalue weighted by Crippen LogP contribution is -2.82. The van der Waals surface area contributed by atoms with Crippen LogP contribution in [0.15, 0.2) is 0 Å². The summed E-state index contributed by atoms with van der Waals surface area (Å²) in [6.45, 7) is 6.75. The molecule has 50 valence electrons. The summed E-state index contributed by atoms with van der Waals surface area (Å²) in [6, 6.07) is 0. The molecule has 2 N–H and O–H groups in total. The average Bonchev–Trinajstić information content (AvgIpc) is 1.71. The van der Waals surface area contributed by atoms with Crippen molar-refractivity contribution >= 4 is 8.69 Å². The van der Waals surface area contributed by atoms with E-state index in [0.717, 1.165) is 0 Å². The summed E-state index contributed by atoms with van der Waals surface area (Å²) >= 11 is 0. The van der Waals surface area contributed by atoms with Crippen molar-refractivity contribution in [2.75, 3.05) is 13.1 Å². The maximum atomic E-state index is 8.35. The second-order valence-electron chi connectivity index (χ2n) is 1.18. The summed E-state index contributed by atoms with van der Waals surface area (Å²) in [5.41, 5.74) is 0. The van der Waals surface area contributed by atoms with Crippen LogP contribution in [0.1, 0.15) is 13.8 Å². The van der Waals surface area contributed by atoms with E-state index in [4.69, 9.17) is 9.46 Å².